The number of ether oxygens (including phenoxy) is 4. The van der Waals surface area contributed by atoms with Crippen LogP contribution in [0.3, 0.4) is 0 Å². The van der Waals surface area contributed by atoms with Crippen LogP contribution in [0.2, 0.25) is 0 Å². The molecule has 98 valence electrons. The Hall–Kier alpha value is -0.160. The summed E-state index contributed by atoms with van der Waals surface area (Å²) in [6.07, 6.45) is 1.28. The summed E-state index contributed by atoms with van der Waals surface area (Å²) in [6.45, 7) is 10.4. The average Bonchev–Trinajstić information content (AvgIpc) is 2.28. The third-order valence-electron chi connectivity index (χ3n) is 2.00. The van der Waals surface area contributed by atoms with Crippen molar-refractivity contribution < 1.29 is 18.9 Å². The van der Waals surface area contributed by atoms with E-state index >= 15 is 0 Å². The van der Waals surface area contributed by atoms with Crippen LogP contribution in [0.5, 0.6) is 0 Å². The summed E-state index contributed by atoms with van der Waals surface area (Å²) in [4.78, 5) is 0. The second kappa shape index (κ2) is 11.3. The van der Waals surface area contributed by atoms with Gasteiger partial charge in [-0.3, -0.25) is 0 Å². The Labute approximate surface area is 99.2 Å². The molecule has 0 rings (SSSR count). The highest BCUT2D eigenvalue weighted by Gasteiger charge is 2.23. The normalized spacial score (nSPS) is 13.3. The van der Waals surface area contributed by atoms with E-state index in [1.165, 1.54) is 0 Å². The van der Waals surface area contributed by atoms with Crippen LogP contribution in [0.1, 0.15) is 40.5 Å². The van der Waals surface area contributed by atoms with Crippen molar-refractivity contribution in [3.63, 3.8) is 0 Å². The Morgan fingerprint density at radius 3 is 1.50 bits per heavy atom. The van der Waals surface area contributed by atoms with Crippen molar-refractivity contribution in [3.05, 3.63) is 0 Å². The summed E-state index contributed by atoms with van der Waals surface area (Å²) in [5, 5.41) is 0. The molecule has 0 bridgehead atoms. The number of hydrogen-bond donors (Lipinski definition) is 0. The lowest BCUT2D eigenvalue weighted by molar-refractivity contribution is -0.282. The first-order valence-electron chi connectivity index (χ1n) is 6.26. The lowest BCUT2D eigenvalue weighted by Crippen LogP contribution is -2.36. The van der Waals surface area contributed by atoms with Crippen LogP contribution in [0.15, 0.2) is 0 Å². The van der Waals surface area contributed by atoms with E-state index in [9.17, 15) is 0 Å². The van der Waals surface area contributed by atoms with Gasteiger partial charge >= 0.3 is 0 Å². The van der Waals surface area contributed by atoms with Gasteiger partial charge in [0.25, 0.3) is 0 Å². The minimum absolute atomic E-state index is 0.420. The van der Waals surface area contributed by atoms with Crippen LogP contribution in [0.25, 0.3) is 0 Å². The van der Waals surface area contributed by atoms with Crippen molar-refractivity contribution in [1.29, 1.82) is 0 Å². The summed E-state index contributed by atoms with van der Waals surface area (Å²) in [7, 11) is 0. The van der Waals surface area contributed by atoms with Crippen LogP contribution in [0.4, 0.5) is 0 Å². The van der Waals surface area contributed by atoms with Gasteiger partial charge in [-0.2, -0.15) is 0 Å². The fourth-order valence-corrected chi connectivity index (χ4v) is 1.25. The third-order valence-corrected chi connectivity index (χ3v) is 2.00. The highest BCUT2D eigenvalue weighted by atomic mass is 16.8. The molecule has 0 heterocycles. The molecular formula is C12H26O4. The van der Waals surface area contributed by atoms with Gasteiger partial charge in [-0.1, -0.05) is 13.3 Å². The zero-order chi connectivity index (χ0) is 12.2. The van der Waals surface area contributed by atoms with Gasteiger partial charge in [0.1, 0.15) is 0 Å². The van der Waals surface area contributed by atoms with Crippen molar-refractivity contribution >= 4 is 0 Å². The van der Waals surface area contributed by atoms with E-state index in [2.05, 4.69) is 6.92 Å². The summed E-state index contributed by atoms with van der Waals surface area (Å²) in [5.41, 5.74) is 0. The second-order valence-electron chi connectivity index (χ2n) is 3.33. The topological polar surface area (TPSA) is 36.9 Å². The smallest absolute Gasteiger partial charge is 0.209 e. The number of unbranched alkanes of at least 4 members (excludes halogenated alkanes) is 1. The van der Waals surface area contributed by atoms with Crippen LogP contribution >= 0.6 is 0 Å². The third kappa shape index (κ3) is 7.17. The molecule has 1 atom stereocenters. The van der Waals surface area contributed by atoms with Crippen molar-refractivity contribution in [2.75, 3.05) is 26.4 Å². The fourth-order valence-electron chi connectivity index (χ4n) is 1.25. The van der Waals surface area contributed by atoms with Crippen LogP contribution in [-0.4, -0.2) is 39.0 Å². The van der Waals surface area contributed by atoms with E-state index in [1.807, 2.05) is 20.8 Å². The Kier molecular flexibility index (Phi) is 11.2. The fraction of sp³-hybridized carbons (Fsp3) is 1.00. The molecule has 0 saturated heterocycles. The summed E-state index contributed by atoms with van der Waals surface area (Å²) >= 11 is 0. The van der Waals surface area contributed by atoms with Gasteiger partial charge in [-0.25, -0.2) is 0 Å². The molecule has 4 heteroatoms. The molecule has 0 aliphatic heterocycles. The highest BCUT2D eigenvalue weighted by Crippen LogP contribution is 2.09. The minimum Gasteiger partial charge on any atom is -0.348 e. The van der Waals surface area contributed by atoms with Gasteiger partial charge in [-0.15, -0.1) is 0 Å². The highest BCUT2D eigenvalue weighted by molar-refractivity contribution is 4.52. The molecule has 16 heavy (non-hydrogen) atoms. The Morgan fingerprint density at radius 2 is 1.12 bits per heavy atom. The maximum absolute atomic E-state index is 5.62. The van der Waals surface area contributed by atoms with E-state index in [1.54, 1.807) is 0 Å². The second-order valence-corrected chi connectivity index (χ2v) is 3.33. The standard InChI is InChI=1S/C12H26O4/c1-5-9-10-16-12(15-8-4)11(13-6-2)14-7-3/h11-12H,5-10H2,1-4H3. The maximum atomic E-state index is 5.62. The molecule has 1 unspecified atom stereocenters. The predicted molar refractivity (Wildman–Crippen MR) is 63.3 cm³/mol. The molecule has 0 aromatic carbocycles. The molecule has 4 nitrogen and oxygen atoms in total. The van der Waals surface area contributed by atoms with Gasteiger partial charge in [0.05, 0.1) is 0 Å². The first-order valence-corrected chi connectivity index (χ1v) is 6.26. The zero-order valence-corrected chi connectivity index (χ0v) is 11.0. The maximum Gasteiger partial charge on any atom is 0.209 e. The van der Waals surface area contributed by atoms with Gasteiger partial charge in [0.2, 0.25) is 12.6 Å². The zero-order valence-electron chi connectivity index (χ0n) is 11.0. The minimum atomic E-state index is -0.424. The van der Waals surface area contributed by atoms with Crippen molar-refractivity contribution in [2.45, 2.75) is 53.1 Å². The van der Waals surface area contributed by atoms with Crippen LogP contribution in [0, 0.1) is 0 Å². The molecule has 0 spiro atoms. The molecule has 0 aliphatic rings. The lowest BCUT2D eigenvalue weighted by Gasteiger charge is -2.26. The summed E-state index contributed by atoms with van der Waals surface area (Å²) in [6, 6.07) is 0. The van der Waals surface area contributed by atoms with E-state index in [0.29, 0.717) is 26.4 Å². The van der Waals surface area contributed by atoms with Crippen molar-refractivity contribution in [3.8, 4) is 0 Å². The van der Waals surface area contributed by atoms with Crippen molar-refractivity contribution in [1.82, 2.24) is 0 Å². The molecule has 0 amide bonds. The Bertz CT molecular complexity index is 135. The van der Waals surface area contributed by atoms with Crippen LogP contribution < -0.4 is 0 Å². The van der Waals surface area contributed by atoms with E-state index < -0.39 is 12.6 Å². The molecular weight excluding hydrogens is 208 g/mol. The van der Waals surface area contributed by atoms with Gasteiger partial charge < -0.3 is 18.9 Å². The predicted octanol–water partition coefficient (Wildman–Crippen LogP) is 2.56. The van der Waals surface area contributed by atoms with Gasteiger partial charge in [0, 0.05) is 26.4 Å². The molecule has 0 fully saturated rings. The number of hydrogen-bond acceptors (Lipinski definition) is 4. The van der Waals surface area contributed by atoms with Gasteiger partial charge in [-0.05, 0) is 27.2 Å². The molecule has 0 saturated carbocycles. The van der Waals surface area contributed by atoms with Gasteiger partial charge in [0.15, 0.2) is 0 Å². The quantitative estimate of drug-likeness (QED) is 0.407. The monoisotopic (exact) mass is 234 g/mol. The largest absolute Gasteiger partial charge is 0.348 e. The van der Waals surface area contributed by atoms with Crippen molar-refractivity contribution in [2.24, 2.45) is 0 Å². The first kappa shape index (κ1) is 15.8. The molecule has 0 N–H and O–H groups in total. The van der Waals surface area contributed by atoms with E-state index in [4.69, 9.17) is 18.9 Å². The Balaban J connectivity index is 4.08. The summed E-state index contributed by atoms with van der Waals surface area (Å²) < 4.78 is 22.0. The van der Waals surface area contributed by atoms with E-state index in [0.717, 1.165) is 12.8 Å². The first-order chi connectivity index (χ1) is 7.79. The summed E-state index contributed by atoms with van der Waals surface area (Å²) in [5.74, 6) is 0. The molecule has 0 aliphatic carbocycles. The average molecular weight is 234 g/mol. The SMILES string of the molecule is CCCCOC(OCC)C(OCC)OCC. The molecule has 0 radical (unpaired) electrons. The van der Waals surface area contributed by atoms with Crippen LogP contribution in [-0.2, 0) is 18.9 Å². The number of rotatable bonds is 11. The lowest BCUT2D eigenvalue weighted by atomic mass is 10.4. The Morgan fingerprint density at radius 1 is 0.688 bits per heavy atom. The van der Waals surface area contributed by atoms with E-state index in [-0.39, 0.29) is 0 Å². The molecule has 0 aromatic rings. The molecule has 0 aromatic heterocycles.